The maximum absolute atomic E-state index is 17.0. The molecule has 10 nitrogen and oxygen atoms in total. The van der Waals surface area contributed by atoms with Gasteiger partial charge in [0.25, 0.3) is 0 Å². The van der Waals surface area contributed by atoms with Crippen molar-refractivity contribution in [2.24, 2.45) is 0 Å². The van der Waals surface area contributed by atoms with Gasteiger partial charge in [-0.2, -0.15) is 27.5 Å². The van der Waals surface area contributed by atoms with Gasteiger partial charge in [0, 0.05) is 37.1 Å². The van der Waals surface area contributed by atoms with E-state index in [0.29, 0.717) is 35.5 Å². The van der Waals surface area contributed by atoms with E-state index in [0.717, 1.165) is 6.92 Å². The average molecular weight is 843 g/mol. The Bertz CT molecular complexity index is 2330. The zero-order valence-electron chi connectivity index (χ0n) is 33.1. The van der Waals surface area contributed by atoms with Crippen molar-refractivity contribution in [3.05, 3.63) is 99.6 Å². The average Bonchev–Trinajstić information content (AvgIpc) is 3.44. The number of hydrogen-bond acceptors (Lipinski definition) is 9. The maximum atomic E-state index is 17.0. The van der Waals surface area contributed by atoms with Crippen LogP contribution in [0.4, 0.5) is 42.8 Å². The topological polar surface area (TPSA) is 93.2 Å². The van der Waals surface area contributed by atoms with Crippen LogP contribution >= 0.6 is 11.6 Å². The summed E-state index contributed by atoms with van der Waals surface area (Å²) in [6, 6.07) is 14.1. The summed E-state index contributed by atoms with van der Waals surface area (Å²) in [6.45, 7) is 6.49. The lowest BCUT2D eigenvalue weighted by atomic mass is 9.98. The second-order valence-electron chi connectivity index (χ2n) is 15.6. The van der Waals surface area contributed by atoms with Crippen LogP contribution in [0.25, 0.3) is 22.2 Å². The van der Waals surface area contributed by atoms with Crippen molar-refractivity contribution in [1.29, 1.82) is 0 Å². The standard InChI is InChI=1S/C42H41ClF6N6O4/c1-22-32(42(47,48)49)36(50-38(33(22)44)53(18-23-7-13-27(57-5)14-8-23)19-24-9-15-28(58-6)16-10-24)31-30(43)17-29-35(34(31)45)51-39(46)52-37(29)54-20-25-11-12-26(21-54)55(25)40(56)59-41(2,3)4/h7-10,13-17,25-26H,11-12,18-21H2,1-6H3. The molecular weight excluding hydrogens is 802 g/mol. The predicted octanol–water partition coefficient (Wildman–Crippen LogP) is 9.90. The molecule has 17 heteroatoms. The van der Waals surface area contributed by atoms with Crippen LogP contribution in [0.3, 0.4) is 0 Å². The summed E-state index contributed by atoms with van der Waals surface area (Å²) < 4.78 is 110. The van der Waals surface area contributed by atoms with Gasteiger partial charge in [0.1, 0.15) is 28.4 Å². The van der Waals surface area contributed by atoms with E-state index in [1.54, 1.807) is 79.1 Å². The van der Waals surface area contributed by atoms with E-state index in [-0.39, 0.29) is 49.5 Å². The van der Waals surface area contributed by atoms with Gasteiger partial charge in [-0.3, -0.25) is 4.90 Å². The van der Waals surface area contributed by atoms with Crippen LogP contribution in [0.1, 0.15) is 55.9 Å². The Morgan fingerprint density at radius 1 is 0.847 bits per heavy atom. The van der Waals surface area contributed by atoms with Crippen molar-refractivity contribution in [1.82, 2.24) is 19.9 Å². The molecule has 4 heterocycles. The fourth-order valence-corrected chi connectivity index (χ4v) is 8.09. The molecule has 1 amide bonds. The molecule has 0 N–H and O–H groups in total. The fraction of sp³-hybridized carbons (Fsp3) is 0.381. The first kappa shape index (κ1) is 41.6. The molecule has 2 aliphatic rings. The third kappa shape index (κ3) is 8.36. The number of carbonyl (C=O) groups excluding carboxylic acids is 1. The third-order valence-corrected chi connectivity index (χ3v) is 10.8. The van der Waals surface area contributed by atoms with Gasteiger partial charge >= 0.3 is 18.3 Å². The summed E-state index contributed by atoms with van der Waals surface area (Å²) in [6.07, 6.45) is -5.82. The number of anilines is 2. The van der Waals surface area contributed by atoms with Gasteiger partial charge in [0.15, 0.2) is 17.5 Å². The van der Waals surface area contributed by atoms with E-state index in [9.17, 15) is 4.79 Å². The Hall–Kier alpha value is -5.51. The van der Waals surface area contributed by atoms with Crippen LogP contribution in [-0.2, 0) is 24.0 Å². The smallest absolute Gasteiger partial charge is 0.418 e. The van der Waals surface area contributed by atoms with Crippen LogP contribution < -0.4 is 19.3 Å². The van der Waals surface area contributed by atoms with Gasteiger partial charge in [0.2, 0.25) is 0 Å². The molecule has 312 valence electrons. The maximum Gasteiger partial charge on any atom is 0.418 e. The van der Waals surface area contributed by atoms with Gasteiger partial charge < -0.3 is 24.0 Å². The number of pyridine rings is 1. The van der Waals surface area contributed by atoms with Gasteiger partial charge in [-0.05, 0) is 82.0 Å². The van der Waals surface area contributed by atoms with E-state index >= 15 is 26.3 Å². The molecular formula is C42H41ClF6N6O4. The molecule has 0 spiro atoms. The second-order valence-corrected chi connectivity index (χ2v) is 16.0. The zero-order valence-corrected chi connectivity index (χ0v) is 33.8. The number of piperazine rings is 1. The third-order valence-electron chi connectivity index (χ3n) is 10.5. The number of amides is 1. The van der Waals surface area contributed by atoms with Gasteiger partial charge in [-0.1, -0.05) is 35.9 Å². The highest BCUT2D eigenvalue weighted by Crippen LogP contribution is 2.46. The molecule has 7 rings (SSSR count). The van der Waals surface area contributed by atoms with Gasteiger partial charge in [0.05, 0.1) is 48.1 Å². The van der Waals surface area contributed by atoms with E-state index < -0.39 is 74.3 Å². The molecule has 0 radical (unpaired) electrons. The van der Waals surface area contributed by atoms with Crippen molar-refractivity contribution in [2.75, 3.05) is 37.1 Å². The SMILES string of the molecule is COc1ccc(CN(Cc2ccc(OC)cc2)c2nc(-c3c(Cl)cc4c(N5CC6CCC(C5)N6C(=O)OC(C)(C)C)nc(F)nc4c3F)c(C(F)(F)F)c(C)c2F)cc1. The lowest BCUT2D eigenvalue weighted by molar-refractivity contribution is -0.137. The van der Waals surface area contributed by atoms with E-state index in [4.69, 9.17) is 25.8 Å². The lowest BCUT2D eigenvalue weighted by Crippen LogP contribution is -2.57. The number of aromatic nitrogens is 3. The van der Waals surface area contributed by atoms with Crippen molar-refractivity contribution >= 4 is 40.2 Å². The molecule has 59 heavy (non-hydrogen) atoms. The Balaban J connectivity index is 1.35. The number of halogens is 7. The van der Waals surface area contributed by atoms with Crippen LogP contribution in [0.2, 0.25) is 5.02 Å². The number of carbonyl (C=O) groups is 1. The summed E-state index contributed by atoms with van der Waals surface area (Å²) >= 11 is 6.74. The first-order chi connectivity index (χ1) is 27.9. The monoisotopic (exact) mass is 842 g/mol. The number of fused-ring (bicyclic) bond motifs is 3. The van der Waals surface area contributed by atoms with Crippen LogP contribution in [0.5, 0.6) is 11.5 Å². The van der Waals surface area contributed by atoms with Crippen molar-refractivity contribution < 1.29 is 45.3 Å². The van der Waals surface area contributed by atoms with Crippen molar-refractivity contribution in [3.8, 4) is 22.8 Å². The molecule has 2 saturated heterocycles. The number of ether oxygens (including phenoxy) is 3. The molecule has 3 aromatic carbocycles. The molecule has 2 aliphatic heterocycles. The summed E-state index contributed by atoms with van der Waals surface area (Å²) in [5, 5.41) is -0.593. The molecule has 2 aromatic heterocycles. The number of rotatable bonds is 9. The van der Waals surface area contributed by atoms with Crippen molar-refractivity contribution in [2.45, 2.75) is 77.5 Å². The molecule has 5 aromatic rings. The minimum Gasteiger partial charge on any atom is -0.497 e. The Morgan fingerprint density at radius 2 is 1.39 bits per heavy atom. The first-order valence-corrected chi connectivity index (χ1v) is 19.1. The highest BCUT2D eigenvalue weighted by Gasteiger charge is 2.46. The number of hydrogen-bond donors (Lipinski definition) is 0. The number of nitrogens with zero attached hydrogens (tertiary/aromatic N) is 6. The second kappa shape index (κ2) is 15.9. The van der Waals surface area contributed by atoms with Crippen LogP contribution in [0, 0.1) is 24.6 Å². The zero-order chi connectivity index (χ0) is 42.6. The molecule has 2 unspecified atom stereocenters. The number of alkyl halides is 3. The summed E-state index contributed by atoms with van der Waals surface area (Å²) in [5.41, 5.74) is -4.38. The van der Waals surface area contributed by atoms with Crippen LogP contribution in [-0.4, -0.2) is 70.9 Å². The van der Waals surface area contributed by atoms with E-state index in [1.165, 1.54) is 25.2 Å². The molecule has 2 bridgehead atoms. The summed E-state index contributed by atoms with van der Waals surface area (Å²) in [5.74, 6) is -2.15. The Morgan fingerprint density at radius 3 is 1.88 bits per heavy atom. The molecule has 2 fully saturated rings. The van der Waals surface area contributed by atoms with Gasteiger partial charge in [-0.15, -0.1) is 0 Å². The summed E-state index contributed by atoms with van der Waals surface area (Å²) in [4.78, 5) is 29.8. The van der Waals surface area contributed by atoms with Crippen LogP contribution in [0.15, 0.2) is 54.6 Å². The minimum absolute atomic E-state index is 0.0386. The summed E-state index contributed by atoms with van der Waals surface area (Å²) in [7, 11) is 2.99. The first-order valence-electron chi connectivity index (χ1n) is 18.8. The fourth-order valence-electron chi connectivity index (χ4n) is 7.81. The molecule has 2 atom stereocenters. The number of methoxy groups -OCH3 is 2. The highest BCUT2D eigenvalue weighted by molar-refractivity contribution is 6.34. The van der Waals surface area contributed by atoms with E-state index in [2.05, 4.69) is 15.0 Å². The van der Waals surface area contributed by atoms with Crippen molar-refractivity contribution in [3.63, 3.8) is 0 Å². The van der Waals surface area contributed by atoms with Gasteiger partial charge in [-0.25, -0.2) is 18.6 Å². The van der Waals surface area contributed by atoms with E-state index in [1.807, 2.05) is 0 Å². The molecule has 0 saturated carbocycles. The normalized spacial score (nSPS) is 16.8. The predicted molar refractivity (Wildman–Crippen MR) is 210 cm³/mol. The Labute approximate surface area is 341 Å². The number of benzene rings is 3. The minimum atomic E-state index is -5.23. The largest absolute Gasteiger partial charge is 0.497 e. The quantitative estimate of drug-likeness (QED) is 0.106. The Kier molecular flexibility index (Phi) is 11.2. The molecule has 0 aliphatic carbocycles. The lowest BCUT2D eigenvalue weighted by Gasteiger charge is -2.42. The highest BCUT2D eigenvalue weighted by atomic mass is 35.5.